The number of carbonyl (C=O) groups excluding carboxylic acids is 2. The van der Waals surface area contributed by atoms with Gasteiger partial charge in [-0.15, -0.1) is 0 Å². The molecule has 1 aromatic rings. The molecule has 1 aromatic heterocycles. The number of aliphatic hydroxyl groups excluding tert-OH is 1. The Morgan fingerprint density at radius 2 is 1.97 bits per heavy atom. The molecule has 1 heterocycles. The van der Waals surface area contributed by atoms with Crippen LogP contribution in [-0.4, -0.2) is 34.1 Å². The van der Waals surface area contributed by atoms with Gasteiger partial charge in [-0.25, -0.2) is 0 Å². The van der Waals surface area contributed by atoms with Gasteiger partial charge in [-0.3, -0.25) is 14.6 Å². The van der Waals surface area contributed by atoms with Gasteiger partial charge in [0.15, 0.2) is 0 Å². The third-order valence-corrected chi connectivity index (χ3v) is 8.39. The Balaban J connectivity index is 1.41. The van der Waals surface area contributed by atoms with E-state index in [-0.39, 0.29) is 52.9 Å². The van der Waals surface area contributed by atoms with Crippen LogP contribution < -0.4 is 10.6 Å². The lowest BCUT2D eigenvalue weighted by molar-refractivity contribution is -0.144. The zero-order valence-electron chi connectivity index (χ0n) is 19.0. The van der Waals surface area contributed by atoms with E-state index in [1.807, 2.05) is 25.1 Å². The number of aromatic nitrogens is 1. The van der Waals surface area contributed by atoms with Gasteiger partial charge in [0.1, 0.15) is 0 Å². The summed E-state index contributed by atoms with van der Waals surface area (Å²) in [5.74, 6) is 0.315. The number of pyridine rings is 1. The van der Waals surface area contributed by atoms with Crippen molar-refractivity contribution >= 4 is 11.8 Å². The molecule has 3 saturated carbocycles. The lowest BCUT2D eigenvalue weighted by Crippen LogP contribution is -2.58. The van der Waals surface area contributed by atoms with Crippen molar-refractivity contribution in [3.05, 3.63) is 30.1 Å². The second-order valence-corrected chi connectivity index (χ2v) is 10.5. The minimum Gasteiger partial charge on any atom is -0.392 e. The molecule has 170 valence electrons. The molecule has 6 heteroatoms. The average Bonchev–Trinajstić information content (AvgIpc) is 3.60. The second kappa shape index (κ2) is 8.89. The predicted octanol–water partition coefficient (Wildman–Crippen LogP) is 3.05. The fourth-order valence-electron chi connectivity index (χ4n) is 6.18. The fraction of sp³-hybridized carbons (Fsp3) is 0.720. The van der Waals surface area contributed by atoms with Crippen molar-refractivity contribution in [3.8, 4) is 0 Å². The van der Waals surface area contributed by atoms with Crippen LogP contribution in [0.5, 0.6) is 0 Å². The molecule has 7 atom stereocenters. The average molecular weight is 428 g/mol. The van der Waals surface area contributed by atoms with Gasteiger partial charge >= 0.3 is 0 Å². The fourth-order valence-corrected chi connectivity index (χ4v) is 6.18. The van der Waals surface area contributed by atoms with Crippen molar-refractivity contribution in [2.24, 2.45) is 35.0 Å². The molecular formula is C25H37N3O3. The number of amides is 2. The molecule has 0 bridgehead atoms. The van der Waals surface area contributed by atoms with Crippen molar-refractivity contribution in [3.63, 3.8) is 0 Å². The molecule has 0 saturated heterocycles. The monoisotopic (exact) mass is 427 g/mol. The number of nitrogens with zero attached hydrogens (tertiary/aromatic N) is 1. The first kappa shape index (κ1) is 22.3. The quantitative estimate of drug-likeness (QED) is 0.651. The summed E-state index contributed by atoms with van der Waals surface area (Å²) in [4.78, 5) is 29.5. The normalized spacial score (nSPS) is 36.2. The maximum Gasteiger partial charge on any atom is 0.223 e. The molecule has 3 aliphatic rings. The van der Waals surface area contributed by atoms with E-state index in [0.29, 0.717) is 6.54 Å². The van der Waals surface area contributed by atoms with Gasteiger partial charge < -0.3 is 15.7 Å². The van der Waals surface area contributed by atoms with Crippen LogP contribution in [0.1, 0.15) is 65.0 Å². The SMILES string of the molecule is C[C@@H]1[C@@H]2[C@@H](O)[C@@H]([C@H](C)C(=O)NCc3ccccn3)CC[C@]2(C)CC[C@@H]1NC(=O)C1CC1. The summed E-state index contributed by atoms with van der Waals surface area (Å²) in [6.45, 7) is 6.81. The number of hydrogen-bond donors (Lipinski definition) is 3. The van der Waals surface area contributed by atoms with E-state index in [4.69, 9.17) is 0 Å². The Hall–Kier alpha value is -1.95. The Kier molecular flexibility index (Phi) is 6.38. The highest BCUT2D eigenvalue weighted by Crippen LogP contribution is 2.55. The molecule has 0 radical (unpaired) electrons. The van der Waals surface area contributed by atoms with E-state index in [2.05, 4.69) is 29.5 Å². The molecular weight excluding hydrogens is 390 g/mol. The Morgan fingerprint density at radius 3 is 2.65 bits per heavy atom. The smallest absolute Gasteiger partial charge is 0.223 e. The van der Waals surface area contributed by atoms with Crippen molar-refractivity contribution in [2.45, 2.75) is 78.0 Å². The number of hydrogen-bond acceptors (Lipinski definition) is 4. The molecule has 0 aromatic carbocycles. The van der Waals surface area contributed by atoms with Gasteiger partial charge in [0.2, 0.25) is 11.8 Å². The van der Waals surface area contributed by atoms with E-state index in [0.717, 1.165) is 44.2 Å². The van der Waals surface area contributed by atoms with Crippen LogP contribution in [-0.2, 0) is 16.1 Å². The number of rotatable bonds is 6. The molecule has 0 spiro atoms. The lowest BCUT2D eigenvalue weighted by atomic mass is 9.51. The lowest BCUT2D eigenvalue weighted by Gasteiger charge is -2.56. The molecule has 3 N–H and O–H groups in total. The van der Waals surface area contributed by atoms with Crippen molar-refractivity contribution < 1.29 is 14.7 Å². The molecule has 31 heavy (non-hydrogen) atoms. The van der Waals surface area contributed by atoms with E-state index < -0.39 is 6.10 Å². The van der Waals surface area contributed by atoms with Gasteiger partial charge in [0.05, 0.1) is 18.3 Å². The molecule has 4 rings (SSSR count). The third-order valence-electron chi connectivity index (χ3n) is 8.39. The zero-order chi connectivity index (χ0) is 22.2. The Morgan fingerprint density at radius 1 is 1.23 bits per heavy atom. The van der Waals surface area contributed by atoms with Crippen molar-refractivity contribution in [2.75, 3.05) is 0 Å². The molecule has 0 aliphatic heterocycles. The van der Waals surface area contributed by atoms with E-state index in [1.54, 1.807) is 6.20 Å². The summed E-state index contributed by atoms with van der Waals surface area (Å²) in [6, 6.07) is 5.78. The summed E-state index contributed by atoms with van der Waals surface area (Å²) < 4.78 is 0. The first-order valence-electron chi connectivity index (χ1n) is 12.0. The maximum atomic E-state index is 12.9. The van der Waals surface area contributed by atoms with E-state index in [9.17, 15) is 14.7 Å². The van der Waals surface area contributed by atoms with Crippen LogP contribution in [0.4, 0.5) is 0 Å². The Bertz CT molecular complexity index is 796. The molecule has 6 nitrogen and oxygen atoms in total. The first-order valence-corrected chi connectivity index (χ1v) is 12.0. The van der Waals surface area contributed by atoms with Crippen LogP contribution in [0.15, 0.2) is 24.4 Å². The van der Waals surface area contributed by atoms with Crippen molar-refractivity contribution in [1.29, 1.82) is 0 Å². The minimum atomic E-state index is -0.537. The summed E-state index contributed by atoms with van der Waals surface area (Å²) >= 11 is 0. The van der Waals surface area contributed by atoms with Crippen molar-refractivity contribution in [1.82, 2.24) is 15.6 Å². The molecule has 3 fully saturated rings. The summed E-state index contributed by atoms with van der Waals surface area (Å²) in [5, 5.41) is 17.7. The summed E-state index contributed by atoms with van der Waals surface area (Å²) in [5.41, 5.74) is 0.898. The highest BCUT2D eigenvalue weighted by molar-refractivity contribution is 5.81. The van der Waals surface area contributed by atoms with E-state index in [1.165, 1.54) is 0 Å². The third kappa shape index (κ3) is 4.64. The van der Waals surface area contributed by atoms with Gasteiger partial charge in [-0.1, -0.05) is 26.8 Å². The van der Waals surface area contributed by atoms with Gasteiger partial charge in [-0.2, -0.15) is 0 Å². The van der Waals surface area contributed by atoms with Gasteiger partial charge in [0.25, 0.3) is 0 Å². The second-order valence-electron chi connectivity index (χ2n) is 10.5. The summed E-state index contributed by atoms with van der Waals surface area (Å²) in [7, 11) is 0. The van der Waals surface area contributed by atoms with Gasteiger partial charge in [-0.05, 0) is 73.8 Å². The zero-order valence-corrected chi connectivity index (χ0v) is 19.0. The summed E-state index contributed by atoms with van der Waals surface area (Å²) in [6.07, 6.45) is 7.06. The number of fused-ring (bicyclic) bond motifs is 1. The van der Waals surface area contributed by atoms with Crippen LogP contribution in [0, 0.1) is 35.0 Å². The molecule has 3 aliphatic carbocycles. The topological polar surface area (TPSA) is 91.3 Å². The minimum absolute atomic E-state index is 0.0274. The Labute approximate surface area is 185 Å². The molecule has 0 unspecified atom stereocenters. The number of carbonyl (C=O) groups is 2. The predicted molar refractivity (Wildman–Crippen MR) is 119 cm³/mol. The van der Waals surface area contributed by atoms with Gasteiger partial charge in [0, 0.05) is 24.1 Å². The number of aliphatic hydroxyl groups is 1. The van der Waals surface area contributed by atoms with Crippen LogP contribution >= 0.6 is 0 Å². The molecule has 2 amide bonds. The number of nitrogens with one attached hydrogen (secondary N) is 2. The standard InChI is InChI=1S/C25H37N3O3/c1-15(23(30)27-14-18-6-4-5-13-26-18)19-9-11-25(3)12-10-20(16(2)21(25)22(19)29)28-24(31)17-7-8-17/h4-6,13,15-17,19-22,29H,7-12,14H2,1-3H3,(H,27,30)(H,28,31)/t15-,16-,19+,20-,21+,22-,25+/m0/s1. The maximum absolute atomic E-state index is 12.9. The van der Waals surface area contributed by atoms with Crippen LogP contribution in [0.3, 0.4) is 0 Å². The van der Waals surface area contributed by atoms with Crippen LogP contribution in [0.25, 0.3) is 0 Å². The first-order chi connectivity index (χ1) is 14.8. The van der Waals surface area contributed by atoms with Crippen LogP contribution in [0.2, 0.25) is 0 Å². The van der Waals surface area contributed by atoms with E-state index >= 15 is 0 Å². The highest BCUT2D eigenvalue weighted by Gasteiger charge is 2.54. The largest absolute Gasteiger partial charge is 0.392 e. The highest BCUT2D eigenvalue weighted by atomic mass is 16.3.